The zero-order chi connectivity index (χ0) is 27.2. The molecule has 0 aliphatic carbocycles. The van der Waals surface area contributed by atoms with Crippen molar-refractivity contribution < 1.29 is 23.9 Å². The molecular formula is C30H31N3O5. The van der Waals surface area contributed by atoms with Crippen LogP contribution in [0.2, 0.25) is 0 Å². The lowest BCUT2D eigenvalue weighted by molar-refractivity contribution is -0.140. The van der Waals surface area contributed by atoms with Gasteiger partial charge in [-0.05, 0) is 67.0 Å². The van der Waals surface area contributed by atoms with Crippen LogP contribution in [0.4, 0.5) is 11.4 Å². The van der Waals surface area contributed by atoms with Crippen LogP contribution in [0.1, 0.15) is 45.0 Å². The largest absolute Gasteiger partial charge is 0.469 e. The van der Waals surface area contributed by atoms with Gasteiger partial charge in [0.2, 0.25) is 5.91 Å². The van der Waals surface area contributed by atoms with E-state index >= 15 is 0 Å². The Balaban J connectivity index is 1.73. The first-order valence-electron chi connectivity index (χ1n) is 12.3. The summed E-state index contributed by atoms with van der Waals surface area (Å²) in [5.74, 6) is -1.63. The molecule has 0 saturated carbocycles. The Hall–Kier alpha value is -4.30. The Kier molecular flexibility index (Phi) is 8.33. The molecule has 1 amide bonds. The molecule has 38 heavy (non-hydrogen) atoms. The first-order chi connectivity index (χ1) is 18.3. The van der Waals surface area contributed by atoms with Crippen molar-refractivity contribution in [3.63, 3.8) is 0 Å². The highest BCUT2D eigenvalue weighted by Gasteiger charge is 2.36. The summed E-state index contributed by atoms with van der Waals surface area (Å²) in [6.07, 6.45) is 0.840. The Morgan fingerprint density at radius 1 is 0.895 bits per heavy atom. The van der Waals surface area contributed by atoms with E-state index in [9.17, 15) is 14.4 Å². The SMILES string of the molecule is COC(=O)CCc1ccc(C(=Nc2ccc(CN(C)C)cc2)C2C(=O)Nc3cc(C(=O)OC)ccc32)cc1. The minimum Gasteiger partial charge on any atom is -0.469 e. The number of esters is 2. The fourth-order valence-electron chi connectivity index (χ4n) is 4.45. The number of carbonyl (C=O) groups is 3. The summed E-state index contributed by atoms with van der Waals surface area (Å²) < 4.78 is 9.56. The highest BCUT2D eigenvalue weighted by Crippen LogP contribution is 2.37. The molecule has 3 aromatic rings. The van der Waals surface area contributed by atoms with E-state index < -0.39 is 11.9 Å². The van der Waals surface area contributed by atoms with Gasteiger partial charge < -0.3 is 19.7 Å². The number of aliphatic imine (C=N–C) groups is 1. The normalized spacial score (nSPS) is 14.7. The molecule has 3 aromatic carbocycles. The van der Waals surface area contributed by atoms with Crippen LogP contribution in [-0.4, -0.2) is 56.8 Å². The van der Waals surface area contributed by atoms with Gasteiger partial charge in [-0.1, -0.05) is 42.5 Å². The first-order valence-corrected chi connectivity index (χ1v) is 12.3. The Labute approximate surface area is 222 Å². The Morgan fingerprint density at radius 3 is 2.18 bits per heavy atom. The molecule has 1 N–H and O–H groups in total. The topological polar surface area (TPSA) is 97.3 Å². The molecule has 0 fully saturated rings. The van der Waals surface area contributed by atoms with Crippen molar-refractivity contribution in [3.8, 4) is 0 Å². The third kappa shape index (κ3) is 6.15. The van der Waals surface area contributed by atoms with Crippen molar-refractivity contribution >= 4 is 34.9 Å². The molecule has 0 aromatic heterocycles. The molecule has 1 heterocycles. The van der Waals surface area contributed by atoms with E-state index in [0.717, 1.165) is 34.5 Å². The second-order valence-electron chi connectivity index (χ2n) is 9.39. The molecule has 0 spiro atoms. The predicted octanol–water partition coefficient (Wildman–Crippen LogP) is 4.50. The number of nitrogens with zero attached hydrogens (tertiary/aromatic N) is 2. The number of methoxy groups -OCH3 is 2. The van der Waals surface area contributed by atoms with Crippen LogP contribution in [0.25, 0.3) is 0 Å². The van der Waals surface area contributed by atoms with E-state index in [4.69, 9.17) is 14.5 Å². The Morgan fingerprint density at radius 2 is 1.55 bits per heavy atom. The molecule has 1 aliphatic heterocycles. The zero-order valence-corrected chi connectivity index (χ0v) is 22.0. The minimum atomic E-state index is -0.668. The van der Waals surface area contributed by atoms with Crippen molar-refractivity contribution in [3.05, 3.63) is 94.5 Å². The predicted molar refractivity (Wildman–Crippen MR) is 146 cm³/mol. The lowest BCUT2D eigenvalue weighted by Crippen LogP contribution is -2.22. The molecule has 1 unspecified atom stereocenters. The van der Waals surface area contributed by atoms with Gasteiger partial charge in [-0.25, -0.2) is 4.79 Å². The molecular weight excluding hydrogens is 482 g/mol. The van der Waals surface area contributed by atoms with Gasteiger partial charge in [-0.15, -0.1) is 0 Å². The Bertz CT molecular complexity index is 1360. The molecule has 4 rings (SSSR count). The summed E-state index contributed by atoms with van der Waals surface area (Å²) in [6.45, 7) is 0.810. The third-order valence-corrected chi connectivity index (χ3v) is 6.36. The lowest BCUT2D eigenvalue weighted by atomic mass is 9.89. The second-order valence-corrected chi connectivity index (χ2v) is 9.39. The van der Waals surface area contributed by atoms with E-state index in [1.807, 2.05) is 62.6 Å². The van der Waals surface area contributed by atoms with E-state index in [-0.39, 0.29) is 18.3 Å². The van der Waals surface area contributed by atoms with E-state index in [0.29, 0.717) is 23.4 Å². The van der Waals surface area contributed by atoms with Crippen LogP contribution in [0.15, 0.2) is 71.7 Å². The van der Waals surface area contributed by atoms with Gasteiger partial charge in [0.25, 0.3) is 0 Å². The average molecular weight is 514 g/mol. The zero-order valence-electron chi connectivity index (χ0n) is 22.0. The van der Waals surface area contributed by atoms with Crippen molar-refractivity contribution in [2.75, 3.05) is 33.6 Å². The van der Waals surface area contributed by atoms with Crippen LogP contribution in [0.3, 0.4) is 0 Å². The van der Waals surface area contributed by atoms with Crippen LogP contribution in [0, 0.1) is 0 Å². The summed E-state index contributed by atoms with van der Waals surface area (Å²) in [4.78, 5) is 43.9. The average Bonchev–Trinajstić information content (AvgIpc) is 3.25. The number of aryl methyl sites for hydroxylation is 1. The summed E-state index contributed by atoms with van der Waals surface area (Å²) in [6, 6.07) is 20.7. The van der Waals surface area contributed by atoms with Gasteiger partial charge in [-0.3, -0.25) is 14.6 Å². The molecule has 1 aliphatic rings. The number of hydrogen-bond acceptors (Lipinski definition) is 7. The highest BCUT2D eigenvalue weighted by atomic mass is 16.5. The van der Waals surface area contributed by atoms with E-state index in [1.165, 1.54) is 14.2 Å². The summed E-state index contributed by atoms with van der Waals surface area (Å²) in [7, 11) is 6.72. The van der Waals surface area contributed by atoms with Gasteiger partial charge in [0.15, 0.2) is 0 Å². The molecule has 196 valence electrons. The van der Waals surface area contributed by atoms with Crippen LogP contribution >= 0.6 is 0 Å². The maximum absolute atomic E-state index is 13.3. The molecule has 8 nitrogen and oxygen atoms in total. The fourth-order valence-corrected chi connectivity index (χ4v) is 4.45. The van der Waals surface area contributed by atoms with Crippen LogP contribution in [0.5, 0.6) is 0 Å². The van der Waals surface area contributed by atoms with Gasteiger partial charge in [0.1, 0.15) is 5.92 Å². The van der Waals surface area contributed by atoms with Gasteiger partial charge in [-0.2, -0.15) is 0 Å². The van der Waals surface area contributed by atoms with Crippen molar-refractivity contribution in [1.29, 1.82) is 0 Å². The number of amides is 1. The van der Waals surface area contributed by atoms with Crippen molar-refractivity contribution in [2.24, 2.45) is 4.99 Å². The van der Waals surface area contributed by atoms with Crippen LogP contribution in [-0.2, 0) is 32.0 Å². The number of ether oxygens (including phenoxy) is 2. The minimum absolute atomic E-state index is 0.222. The maximum Gasteiger partial charge on any atom is 0.337 e. The third-order valence-electron chi connectivity index (χ3n) is 6.36. The van der Waals surface area contributed by atoms with Crippen LogP contribution < -0.4 is 5.32 Å². The van der Waals surface area contributed by atoms with Gasteiger partial charge in [0, 0.05) is 18.7 Å². The molecule has 8 heteroatoms. The van der Waals surface area contributed by atoms with Crippen molar-refractivity contribution in [1.82, 2.24) is 4.90 Å². The number of hydrogen-bond donors (Lipinski definition) is 1. The number of carbonyl (C=O) groups excluding carboxylic acids is 3. The number of nitrogens with one attached hydrogen (secondary N) is 1. The fraction of sp³-hybridized carbons (Fsp3) is 0.267. The number of fused-ring (bicyclic) bond motifs is 1. The number of rotatable bonds is 9. The standard InChI is InChI=1S/C30H31N3O5/c1-33(2)18-20-7-13-23(14-8-20)31-28(21-10-5-19(6-11-21)9-16-26(34)37-3)27-24-15-12-22(30(36)38-4)17-25(24)32-29(27)35/h5-8,10-15,17,27H,9,16,18H2,1-4H3,(H,32,35). The van der Waals surface area contributed by atoms with Crippen molar-refractivity contribution in [2.45, 2.75) is 25.3 Å². The first kappa shape index (κ1) is 26.8. The quantitative estimate of drug-likeness (QED) is 0.334. The number of anilines is 1. The summed E-state index contributed by atoms with van der Waals surface area (Å²) >= 11 is 0. The number of benzene rings is 3. The smallest absolute Gasteiger partial charge is 0.337 e. The second kappa shape index (κ2) is 11.8. The lowest BCUT2D eigenvalue weighted by Gasteiger charge is -2.15. The molecule has 0 radical (unpaired) electrons. The highest BCUT2D eigenvalue weighted by molar-refractivity contribution is 6.24. The van der Waals surface area contributed by atoms with Gasteiger partial charge >= 0.3 is 11.9 Å². The maximum atomic E-state index is 13.3. The monoisotopic (exact) mass is 513 g/mol. The molecule has 0 saturated heterocycles. The molecule has 0 bridgehead atoms. The van der Waals surface area contributed by atoms with E-state index in [1.54, 1.807) is 18.2 Å². The summed E-state index contributed by atoms with van der Waals surface area (Å²) in [5.41, 5.74) is 5.89. The van der Waals surface area contributed by atoms with E-state index in [2.05, 4.69) is 10.2 Å². The molecule has 1 atom stereocenters. The summed E-state index contributed by atoms with van der Waals surface area (Å²) in [5, 5.41) is 2.90. The van der Waals surface area contributed by atoms with Gasteiger partial charge in [0.05, 0.1) is 31.2 Å².